The molecule has 0 amide bonds. The third kappa shape index (κ3) is 2.39. The van der Waals surface area contributed by atoms with Crippen molar-refractivity contribution >= 4 is 28.2 Å². The van der Waals surface area contributed by atoms with Gasteiger partial charge in [-0.05, 0) is 12.1 Å². The highest BCUT2D eigenvalue weighted by Crippen LogP contribution is 2.32. The molecule has 0 radical (unpaired) electrons. The van der Waals surface area contributed by atoms with Crippen molar-refractivity contribution < 1.29 is 10.2 Å². The predicted molar refractivity (Wildman–Crippen MR) is 69.6 cm³/mol. The molecule has 0 spiro atoms. The Bertz CT molecular complexity index is 510. The van der Waals surface area contributed by atoms with Crippen LogP contribution in [0.1, 0.15) is 0 Å². The van der Waals surface area contributed by atoms with Gasteiger partial charge in [-0.1, -0.05) is 17.7 Å². The van der Waals surface area contributed by atoms with E-state index in [1.165, 1.54) is 0 Å². The zero-order chi connectivity index (χ0) is 12.3. The van der Waals surface area contributed by atoms with Crippen molar-refractivity contribution in [3.05, 3.63) is 29.4 Å². The van der Waals surface area contributed by atoms with Crippen LogP contribution >= 0.6 is 11.6 Å². The van der Waals surface area contributed by atoms with E-state index >= 15 is 0 Å². The van der Waals surface area contributed by atoms with Crippen LogP contribution in [0.25, 0.3) is 10.9 Å². The molecule has 17 heavy (non-hydrogen) atoms. The fourth-order valence-corrected chi connectivity index (χ4v) is 2.25. The molecule has 0 unspecified atom stereocenters. The van der Waals surface area contributed by atoms with E-state index in [2.05, 4.69) is 5.32 Å². The van der Waals surface area contributed by atoms with Crippen molar-refractivity contribution in [3.8, 4) is 0 Å². The summed E-state index contributed by atoms with van der Waals surface area (Å²) in [7, 11) is 0. The van der Waals surface area contributed by atoms with Gasteiger partial charge in [-0.2, -0.15) is 0 Å². The number of nitrogens with one attached hydrogen (secondary N) is 1. The van der Waals surface area contributed by atoms with Gasteiger partial charge in [0.25, 0.3) is 0 Å². The third-order valence-corrected chi connectivity index (χ3v) is 2.91. The first-order valence-corrected chi connectivity index (χ1v) is 5.88. The molecule has 2 aromatic rings. The zero-order valence-electron chi connectivity index (χ0n) is 9.36. The van der Waals surface area contributed by atoms with Crippen molar-refractivity contribution in [3.63, 3.8) is 0 Å². The van der Waals surface area contributed by atoms with Crippen molar-refractivity contribution in [1.29, 1.82) is 0 Å². The summed E-state index contributed by atoms with van der Waals surface area (Å²) in [6.45, 7) is 1.16. The molecule has 92 valence electrons. The molecule has 0 aliphatic carbocycles. The number of halogens is 1. The Morgan fingerprint density at radius 3 is 2.76 bits per heavy atom. The number of aromatic nitrogens is 1. The van der Waals surface area contributed by atoms with E-state index in [9.17, 15) is 0 Å². The predicted octanol–water partition coefficient (Wildman–Crippen LogP) is 1.69. The second-order valence-electron chi connectivity index (χ2n) is 3.74. The van der Waals surface area contributed by atoms with Gasteiger partial charge < -0.3 is 20.1 Å². The maximum Gasteiger partial charge on any atom is 0.0682 e. The van der Waals surface area contributed by atoms with Crippen LogP contribution in [0.4, 0.5) is 5.69 Å². The molecule has 3 N–H and O–H groups in total. The molecule has 0 atom stereocenters. The lowest BCUT2D eigenvalue weighted by Crippen LogP contribution is -2.05. The van der Waals surface area contributed by atoms with Gasteiger partial charge in [-0.3, -0.25) is 0 Å². The molecule has 1 aromatic heterocycles. The number of hydrogen-bond donors (Lipinski definition) is 3. The van der Waals surface area contributed by atoms with Crippen molar-refractivity contribution in [2.24, 2.45) is 0 Å². The summed E-state index contributed by atoms with van der Waals surface area (Å²) in [6, 6.07) is 5.81. The van der Waals surface area contributed by atoms with E-state index in [1.807, 2.05) is 29.0 Å². The molecule has 1 heterocycles. The molecular formula is C12H15ClN2O2. The second-order valence-corrected chi connectivity index (χ2v) is 4.15. The summed E-state index contributed by atoms with van der Waals surface area (Å²) >= 11 is 6.19. The van der Waals surface area contributed by atoms with E-state index in [0.29, 0.717) is 18.1 Å². The van der Waals surface area contributed by atoms with E-state index in [-0.39, 0.29) is 13.2 Å². The number of anilines is 1. The summed E-state index contributed by atoms with van der Waals surface area (Å²) in [4.78, 5) is 0. The van der Waals surface area contributed by atoms with Gasteiger partial charge in [0.05, 0.1) is 23.8 Å². The quantitative estimate of drug-likeness (QED) is 0.761. The number of aliphatic hydroxyl groups excluding tert-OH is 2. The van der Waals surface area contributed by atoms with Gasteiger partial charge in [0.2, 0.25) is 0 Å². The molecule has 0 fully saturated rings. The molecular weight excluding hydrogens is 240 g/mol. The number of benzene rings is 1. The number of rotatable bonds is 5. The standard InChI is InChI=1S/C12H15ClN2O2/c13-9-8-15(5-7-17)11-3-1-2-10(12(9)11)14-4-6-16/h1-3,8,14,16-17H,4-7H2. The summed E-state index contributed by atoms with van der Waals surface area (Å²) < 4.78 is 1.92. The first-order valence-electron chi connectivity index (χ1n) is 5.51. The number of fused-ring (bicyclic) bond motifs is 1. The second kappa shape index (κ2) is 5.40. The van der Waals surface area contributed by atoms with Gasteiger partial charge in [0.15, 0.2) is 0 Å². The molecule has 0 aliphatic heterocycles. The molecule has 0 aliphatic rings. The monoisotopic (exact) mass is 254 g/mol. The Hall–Kier alpha value is -1.23. The van der Waals surface area contributed by atoms with E-state index in [4.69, 9.17) is 21.8 Å². The van der Waals surface area contributed by atoms with Crippen LogP contribution in [-0.4, -0.2) is 34.5 Å². The summed E-state index contributed by atoms with van der Waals surface area (Å²) in [6.07, 6.45) is 1.81. The minimum Gasteiger partial charge on any atom is -0.395 e. The van der Waals surface area contributed by atoms with E-state index in [0.717, 1.165) is 16.6 Å². The smallest absolute Gasteiger partial charge is 0.0682 e. The van der Waals surface area contributed by atoms with Crippen LogP contribution in [0, 0.1) is 0 Å². The summed E-state index contributed by atoms with van der Waals surface area (Å²) in [5.41, 5.74) is 1.88. The molecule has 5 heteroatoms. The average Bonchev–Trinajstić information content (AvgIpc) is 2.65. The molecule has 4 nitrogen and oxygen atoms in total. The van der Waals surface area contributed by atoms with Gasteiger partial charge in [0, 0.05) is 30.4 Å². The normalized spacial score (nSPS) is 11.0. The van der Waals surface area contributed by atoms with Crippen LogP contribution in [0.15, 0.2) is 24.4 Å². The molecule has 0 bridgehead atoms. The minimum absolute atomic E-state index is 0.0748. The van der Waals surface area contributed by atoms with Crippen LogP contribution in [0.5, 0.6) is 0 Å². The fourth-order valence-electron chi connectivity index (χ4n) is 1.93. The van der Waals surface area contributed by atoms with Crippen LogP contribution in [0.2, 0.25) is 5.02 Å². The Balaban J connectivity index is 2.48. The maximum absolute atomic E-state index is 8.99. The molecule has 0 saturated carbocycles. The van der Waals surface area contributed by atoms with E-state index < -0.39 is 0 Å². The number of hydrogen-bond acceptors (Lipinski definition) is 3. The van der Waals surface area contributed by atoms with Gasteiger partial charge in [-0.25, -0.2) is 0 Å². The van der Waals surface area contributed by atoms with E-state index in [1.54, 1.807) is 0 Å². The van der Waals surface area contributed by atoms with Crippen LogP contribution < -0.4 is 5.32 Å². The SMILES string of the molecule is OCCNc1cccc2c1c(Cl)cn2CCO. The largest absolute Gasteiger partial charge is 0.395 e. The third-order valence-electron chi connectivity index (χ3n) is 2.63. The lowest BCUT2D eigenvalue weighted by molar-refractivity contribution is 0.278. The van der Waals surface area contributed by atoms with Gasteiger partial charge in [-0.15, -0.1) is 0 Å². The highest BCUT2D eigenvalue weighted by Gasteiger charge is 2.10. The van der Waals surface area contributed by atoms with Crippen molar-refractivity contribution in [2.75, 3.05) is 25.1 Å². The lowest BCUT2D eigenvalue weighted by Gasteiger charge is -2.07. The first-order chi connectivity index (χ1) is 8.27. The summed E-state index contributed by atoms with van der Waals surface area (Å²) in [5.74, 6) is 0. The fraction of sp³-hybridized carbons (Fsp3) is 0.333. The topological polar surface area (TPSA) is 57.4 Å². The Morgan fingerprint density at radius 1 is 1.24 bits per heavy atom. The van der Waals surface area contributed by atoms with Crippen LogP contribution in [-0.2, 0) is 6.54 Å². The Kier molecular flexibility index (Phi) is 3.89. The van der Waals surface area contributed by atoms with Gasteiger partial charge >= 0.3 is 0 Å². The zero-order valence-corrected chi connectivity index (χ0v) is 10.1. The highest BCUT2D eigenvalue weighted by molar-refractivity contribution is 6.36. The molecule has 0 saturated heterocycles. The minimum atomic E-state index is 0.0748. The molecule has 2 rings (SSSR count). The van der Waals surface area contributed by atoms with Crippen molar-refractivity contribution in [1.82, 2.24) is 4.57 Å². The Labute approximate surface area is 104 Å². The summed E-state index contributed by atoms with van der Waals surface area (Å²) in [5, 5.41) is 22.5. The van der Waals surface area contributed by atoms with Crippen LogP contribution in [0.3, 0.4) is 0 Å². The van der Waals surface area contributed by atoms with Crippen molar-refractivity contribution in [2.45, 2.75) is 6.54 Å². The maximum atomic E-state index is 8.99. The highest BCUT2D eigenvalue weighted by atomic mass is 35.5. The van der Waals surface area contributed by atoms with Gasteiger partial charge in [0.1, 0.15) is 0 Å². The molecule has 1 aromatic carbocycles. The lowest BCUT2D eigenvalue weighted by atomic mass is 10.2. The number of nitrogens with zero attached hydrogens (tertiary/aromatic N) is 1. The number of aliphatic hydroxyl groups is 2. The average molecular weight is 255 g/mol. The Morgan fingerprint density at radius 2 is 2.06 bits per heavy atom. The first kappa shape index (κ1) is 12.2.